The summed E-state index contributed by atoms with van der Waals surface area (Å²) < 4.78 is 30.0. The standard InChI is InChI=1S/C11H12N2O5S/c1-4-7-12(2)19(16,17)11-6-5-9(18-3)8-10(11)13(14)15/h1,5-6,8H,7H2,2-3H3. The van der Waals surface area contributed by atoms with Crippen molar-refractivity contribution in [2.75, 3.05) is 20.7 Å². The fourth-order valence-corrected chi connectivity index (χ4v) is 2.58. The van der Waals surface area contributed by atoms with Gasteiger partial charge < -0.3 is 4.74 Å². The molecule has 0 aromatic heterocycles. The lowest BCUT2D eigenvalue weighted by atomic mass is 10.3. The predicted octanol–water partition coefficient (Wildman–Crippen LogP) is 0.857. The average Bonchev–Trinajstić information content (AvgIpc) is 2.38. The highest BCUT2D eigenvalue weighted by atomic mass is 32.2. The van der Waals surface area contributed by atoms with E-state index in [1.807, 2.05) is 0 Å². The van der Waals surface area contributed by atoms with Gasteiger partial charge in [0.1, 0.15) is 5.75 Å². The molecule has 0 radical (unpaired) electrons. The number of hydrogen-bond donors (Lipinski definition) is 0. The molecule has 8 heteroatoms. The summed E-state index contributed by atoms with van der Waals surface area (Å²) in [6, 6.07) is 3.51. The third-order valence-corrected chi connectivity index (χ3v) is 4.22. The first-order valence-corrected chi connectivity index (χ1v) is 6.50. The summed E-state index contributed by atoms with van der Waals surface area (Å²) in [6.07, 6.45) is 5.04. The summed E-state index contributed by atoms with van der Waals surface area (Å²) in [7, 11) is -1.42. The summed E-state index contributed by atoms with van der Waals surface area (Å²) in [4.78, 5) is 9.74. The molecule has 0 saturated heterocycles. The Morgan fingerprint density at radius 3 is 2.63 bits per heavy atom. The van der Waals surface area contributed by atoms with Crippen LogP contribution in [0.1, 0.15) is 0 Å². The molecule has 0 saturated carbocycles. The summed E-state index contributed by atoms with van der Waals surface area (Å²) in [5.74, 6) is 2.37. The van der Waals surface area contributed by atoms with Crippen molar-refractivity contribution < 1.29 is 18.1 Å². The Hall–Kier alpha value is -2.11. The van der Waals surface area contributed by atoms with Crippen LogP contribution in [0.5, 0.6) is 5.75 Å². The molecular formula is C11H12N2O5S. The number of benzene rings is 1. The molecule has 0 unspecified atom stereocenters. The lowest BCUT2D eigenvalue weighted by Crippen LogP contribution is -2.27. The first-order valence-electron chi connectivity index (χ1n) is 5.06. The molecule has 1 aromatic carbocycles. The van der Waals surface area contributed by atoms with Gasteiger partial charge in [0.05, 0.1) is 24.6 Å². The van der Waals surface area contributed by atoms with Crippen molar-refractivity contribution in [2.24, 2.45) is 0 Å². The number of rotatable bonds is 5. The maximum Gasteiger partial charge on any atom is 0.293 e. The molecule has 0 spiro atoms. The Morgan fingerprint density at radius 1 is 1.53 bits per heavy atom. The number of nitro groups is 1. The Bertz CT molecular complexity index is 633. The van der Waals surface area contributed by atoms with Crippen LogP contribution in [0.3, 0.4) is 0 Å². The van der Waals surface area contributed by atoms with E-state index in [-0.39, 0.29) is 12.3 Å². The van der Waals surface area contributed by atoms with Gasteiger partial charge in [-0.05, 0) is 12.1 Å². The maximum atomic E-state index is 12.1. The third kappa shape index (κ3) is 3.01. The SMILES string of the molecule is C#CCN(C)S(=O)(=O)c1ccc(OC)cc1[N+](=O)[O-]. The van der Waals surface area contributed by atoms with Gasteiger partial charge in [0.15, 0.2) is 4.90 Å². The van der Waals surface area contributed by atoms with E-state index in [4.69, 9.17) is 11.2 Å². The molecule has 0 N–H and O–H groups in total. The number of nitrogens with zero attached hydrogens (tertiary/aromatic N) is 2. The van der Waals surface area contributed by atoms with E-state index in [1.165, 1.54) is 20.2 Å². The minimum atomic E-state index is -4.01. The van der Waals surface area contributed by atoms with Crippen LogP contribution in [-0.4, -0.2) is 38.3 Å². The minimum absolute atomic E-state index is 0.175. The molecule has 1 rings (SSSR count). The van der Waals surface area contributed by atoms with E-state index in [0.29, 0.717) is 0 Å². The Balaban J connectivity index is 3.43. The van der Waals surface area contributed by atoms with E-state index in [0.717, 1.165) is 16.4 Å². The van der Waals surface area contributed by atoms with Gasteiger partial charge in [-0.1, -0.05) is 5.92 Å². The van der Waals surface area contributed by atoms with E-state index >= 15 is 0 Å². The molecule has 0 aliphatic heterocycles. The first kappa shape index (κ1) is 14.9. The van der Waals surface area contributed by atoms with Crippen molar-refractivity contribution in [1.82, 2.24) is 4.31 Å². The lowest BCUT2D eigenvalue weighted by molar-refractivity contribution is -0.387. The molecular weight excluding hydrogens is 272 g/mol. The van der Waals surface area contributed by atoms with Crippen molar-refractivity contribution in [3.05, 3.63) is 28.3 Å². The lowest BCUT2D eigenvalue weighted by Gasteiger charge is -2.14. The number of methoxy groups -OCH3 is 1. The highest BCUT2D eigenvalue weighted by Crippen LogP contribution is 2.29. The van der Waals surface area contributed by atoms with E-state index in [9.17, 15) is 18.5 Å². The molecule has 102 valence electrons. The molecule has 0 bridgehead atoms. The summed E-state index contributed by atoms with van der Waals surface area (Å²) in [5.41, 5.74) is -0.553. The van der Waals surface area contributed by atoms with Gasteiger partial charge in [-0.15, -0.1) is 6.42 Å². The highest BCUT2D eigenvalue weighted by Gasteiger charge is 2.29. The molecule has 0 atom stereocenters. The zero-order valence-electron chi connectivity index (χ0n) is 10.4. The molecule has 0 heterocycles. The van der Waals surface area contributed by atoms with Gasteiger partial charge in [-0.25, -0.2) is 8.42 Å². The number of sulfonamides is 1. The zero-order valence-corrected chi connectivity index (χ0v) is 11.2. The first-order chi connectivity index (χ1) is 8.84. The van der Waals surface area contributed by atoms with Gasteiger partial charge in [0.25, 0.3) is 15.7 Å². The van der Waals surface area contributed by atoms with Crippen LogP contribution in [0.25, 0.3) is 0 Å². The van der Waals surface area contributed by atoms with Crippen LogP contribution in [0.2, 0.25) is 0 Å². The quantitative estimate of drug-likeness (QED) is 0.454. The highest BCUT2D eigenvalue weighted by molar-refractivity contribution is 7.89. The van der Waals surface area contributed by atoms with Crippen LogP contribution in [0, 0.1) is 22.5 Å². The second kappa shape index (κ2) is 5.69. The van der Waals surface area contributed by atoms with Crippen LogP contribution in [0.15, 0.2) is 23.1 Å². The van der Waals surface area contributed by atoms with E-state index in [1.54, 1.807) is 0 Å². The third-order valence-electron chi connectivity index (χ3n) is 2.36. The van der Waals surface area contributed by atoms with Crippen molar-refractivity contribution in [2.45, 2.75) is 4.90 Å². The molecule has 0 fully saturated rings. The molecule has 0 aliphatic carbocycles. The van der Waals surface area contributed by atoms with Crippen LogP contribution < -0.4 is 4.74 Å². The minimum Gasteiger partial charge on any atom is -0.497 e. The topological polar surface area (TPSA) is 89.8 Å². The Labute approximate surface area is 111 Å². The summed E-state index contributed by atoms with van der Waals surface area (Å²) >= 11 is 0. The number of hydrogen-bond acceptors (Lipinski definition) is 5. The van der Waals surface area contributed by atoms with Gasteiger partial charge in [-0.3, -0.25) is 10.1 Å². The van der Waals surface area contributed by atoms with Gasteiger partial charge in [0, 0.05) is 7.05 Å². The Kier molecular flexibility index (Phi) is 4.47. The van der Waals surface area contributed by atoms with E-state index in [2.05, 4.69) is 5.92 Å². The maximum absolute atomic E-state index is 12.1. The van der Waals surface area contributed by atoms with E-state index < -0.39 is 25.5 Å². The van der Waals surface area contributed by atoms with Crippen molar-refractivity contribution >= 4 is 15.7 Å². The fraction of sp³-hybridized carbons (Fsp3) is 0.273. The average molecular weight is 284 g/mol. The zero-order chi connectivity index (χ0) is 14.6. The molecule has 0 aliphatic rings. The largest absolute Gasteiger partial charge is 0.497 e. The molecule has 0 amide bonds. The van der Waals surface area contributed by atoms with Gasteiger partial charge in [-0.2, -0.15) is 4.31 Å². The summed E-state index contributed by atoms with van der Waals surface area (Å²) in [5, 5.41) is 10.9. The number of ether oxygens (including phenoxy) is 1. The molecule has 19 heavy (non-hydrogen) atoms. The molecule has 7 nitrogen and oxygen atoms in total. The fourth-order valence-electron chi connectivity index (χ4n) is 1.37. The van der Waals surface area contributed by atoms with Gasteiger partial charge >= 0.3 is 0 Å². The molecule has 1 aromatic rings. The number of terminal acetylenes is 1. The predicted molar refractivity (Wildman–Crippen MR) is 68.3 cm³/mol. The van der Waals surface area contributed by atoms with Crippen LogP contribution >= 0.6 is 0 Å². The smallest absolute Gasteiger partial charge is 0.293 e. The number of nitro benzene ring substituents is 1. The second-order valence-electron chi connectivity index (χ2n) is 3.56. The normalized spacial score (nSPS) is 11.1. The van der Waals surface area contributed by atoms with Crippen molar-refractivity contribution in [1.29, 1.82) is 0 Å². The summed E-state index contributed by atoms with van der Waals surface area (Å²) in [6.45, 7) is -0.175. The van der Waals surface area contributed by atoms with Crippen LogP contribution in [0.4, 0.5) is 5.69 Å². The van der Waals surface area contributed by atoms with Crippen molar-refractivity contribution in [3.63, 3.8) is 0 Å². The van der Waals surface area contributed by atoms with Crippen LogP contribution in [-0.2, 0) is 10.0 Å². The monoisotopic (exact) mass is 284 g/mol. The van der Waals surface area contributed by atoms with Crippen molar-refractivity contribution in [3.8, 4) is 18.1 Å². The van der Waals surface area contributed by atoms with Gasteiger partial charge in [0.2, 0.25) is 0 Å². The second-order valence-corrected chi connectivity index (χ2v) is 5.57. The Morgan fingerprint density at radius 2 is 2.16 bits per heavy atom.